The van der Waals surface area contributed by atoms with Crippen molar-refractivity contribution in [2.45, 2.75) is 16.1 Å². The molecule has 0 saturated carbocycles. The van der Waals surface area contributed by atoms with Gasteiger partial charge in [0.05, 0.1) is 74.7 Å². The maximum atomic E-state index is 12.2. The van der Waals surface area contributed by atoms with Crippen LogP contribution in [0.3, 0.4) is 0 Å². The molecular formula is C17H19B6Cl2N5O6. The van der Waals surface area contributed by atoms with Gasteiger partial charge in [0.1, 0.15) is 0 Å². The van der Waals surface area contributed by atoms with Crippen LogP contribution in [0, 0.1) is 0 Å². The Kier molecular flexibility index (Phi) is 7.48. The first kappa shape index (κ1) is 27.5. The monoisotopic (exact) mass is 525 g/mol. The number of nitrogens with zero attached hydrogens (tertiary/aromatic N) is 4. The topological polar surface area (TPSA) is 160 Å². The average Bonchev–Trinajstić information content (AvgIpc) is 2.70. The van der Waals surface area contributed by atoms with E-state index in [9.17, 15) is 19.5 Å². The normalized spacial score (nSPS) is 12.0. The first-order valence-electron chi connectivity index (χ1n) is 10.7. The van der Waals surface area contributed by atoms with Crippen molar-refractivity contribution in [2.75, 3.05) is 0 Å². The highest BCUT2D eigenvalue weighted by Crippen LogP contribution is 2.48. The first-order valence-corrected chi connectivity index (χ1v) is 11.5. The molecule has 0 unspecified atom stereocenters. The van der Waals surface area contributed by atoms with Crippen molar-refractivity contribution in [3.63, 3.8) is 0 Å². The summed E-state index contributed by atoms with van der Waals surface area (Å²) in [5, 5.41) is 22.6. The molecule has 180 valence electrons. The summed E-state index contributed by atoms with van der Waals surface area (Å²) in [4.78, 5) is 45.4. The maximum absolute atomic E-state index is 12.2. The van der Waals surface area contributed by atoms with Crippen LogP contribution in [-0.2, 0) is 0 Å². The highest BCUT2D eigenvalue weighted by molar-refractivity contribution is 6.64. The zero-order valence-electron chi connectivity index (χ0n) is 20.4. The molecule has 2 aromatic heterocycles. The molecule has 0 fully saturated rings. The van der Waals surface area contributed by atoms with Gasteiger partial charge in [0, 0.05) is 0 Å². The molecule has 0 spiro atoms. The molecule has 0 amide bonds. The molecule has 36 heavy (non-hydrogen) atoms. The van der Waals surface area contributed by atoms with Crippen molar-refractivity contribution in [3.05, 3.63) is 60.6 Å². The van der Waals surface area contributed by atoms with Crippen molar-refractivity contribution in [3.8, 4) is 23.2 Å². The van der Waals surface area contributed by atoms with Crippen molar-refractivity contribution in [1.82, 2.24) is 24.7 Å². The fourth-order valence-electron chi connectivity index (χ4n) is 4.33. The Hall–Kier alpha value is -3.05. The molecular weight excluding hydrogens is 506 g/mol. The van der Waals surface area contributed by atoms with Gasteiger partial charge in [-0.05, 0) is 18.1 Å². The molecule has 0 radical (unpaired) electrons. The van der Waals surface area contributed by atoms with Gasteiger partial charge in [-0.15, -0.1) is 10.2 Å². The van der Waals surface area contributed by atoms with Gasteiger partial charge < -0.3 is 14.9 Å². The molecule has 0 aliphatic carbocycles. The maximum Gasteiger partial charge on any atom is 0.362 e. The van der Waals surface area contributed by atoms with Gasteiger partial charge in [-0.25, -0.2) is 9.59 Å². The Morgan fingerprint density at radius 1 is 1.08 bits per heavy atom. The summed E-state index contributed by atoms with van der Waals surface area (Å²) in [5.74, 6) is -1.92. The summed E-state index contributed by atoms with van der Waals surface area (Å²) in [7, 11) is 12.3. The Morgan fingerprint density at radius 3 is 2.14 bits per heavy atom. The van der Waals surface area contributed by atoms with E-state index in [2.05, 4.69) is 15.1 Å². The minimum Gasteiger partial charge on any atom is -0.504 e. The predicted octanol–water partition coefficient (Wildman–Crippen LogP) is -3.76. The zero-order chi connectivity index (χ0) is 27.2. The van der Waals surface area contributed by atoms with Crippen LogP contribution in [0.4, 0.5) is 0 Å². The molecule has 0 atom stereocenters. The molecule has 3 aromatic rings. The molecule has 3 rings (SSSR count). The summed E-state index contributed by atoms with van der Waals surface area (Å²) in [6, 6.07) is 2.37. The molecule has 19 heteroatoms. The minimum atomic E-state index is -1.62. The number of carboxylic acid groups (broad SMARTS) is 1. The van der Waals surface area contributed by atoms with Crippen LogP contribution >= 0.6 is 23.2 Å². The number of carboxylic acids is 1. The van der Waals surface area contributed by atoms with E-state index in [0.29, 0.717) is 10.4 Å². The number of nitrogens with one attached hydrogen (secondary N) is 1. The van der Waals surface area contributed by atoms with Gasteiger partial charge in [0.2, 0.25) is 5.69 Å². The van der Waals surface area contributed by atoms with Gasteiger partial charge in [-0.1, -0.05) is 23.2 Å². The smallest absolute Gasteiger partial charge is 0.362 e. The van der Waals surface area contributed by atoms with Gasteiger partial charge in [-0.3, -0.25) is 9.78 Å². The average molecular weight is 525 g/mol. The Balaban J connectivity index is 2.06. The number of aromatic carboxylic acids is 1. The van der Waals surface area contributed by atoms with E-state index in [-0.39, 0.29) is 49.4 Å². The molecule has 0 aliphatic heterocycles. The molecule has 11 nitrogen and oxygen atoms in total. The number of aromatic amines is 1. The van der Waals surface area contributed by atoms with Crippen LogP contribution in [0.15, 0.2) is 27.9 Å². The van der Waals surface area contributed by atoms with E-state index in [0.717, 1.165) is 0 Å². The highest BCUT2D eigenvalue weighted by Gasteiger charge is 2.38. The van der Waals surface area contributed by atoms with Crippen molar-refractivity contribution < 1.29 is 19.7 Å². The number of carbonyl (C=O) groups is 1. The van der Waals surface area contributed by atoms with Crippen LogP contribution in [-0.4, -0.2) is 88.0 Å². The standard InChI is InChI=1S/C17H19B6Cl2N5O6/c18-16(19,20)11(17(21,22)23)8-7(31)3-26-14(27-8)36-10-5(24)1-4(2-6(10)25)30-15(35)28-12(32)9(29-30)13(33)34/h1-3,11,31H,18-23H2,(H,33,34)(H,28,32,35). The minimum absolute atomic E-state index is 0.0195. The highest BCUT2D eigenvalue weighted by atomic mass is 35.5. The third-order valence-electron chi connectivity index (χ3n) is 5.23. The Labute approximate surface area is 220 Å². The van der Waals surface area contributed by atoms with E-state index in [1.165, 1.54) is 18.3 Å². The molecule has 0 saturated heterocycles. The van der Waals surface area contributed by atoms with Crippen LogP contribution in [0.1, 0.15) is 22.1 Å². The largest absolute Gasteiger partial charge is 0.504 e. The number of aromatic nitrogens is 5. The second kappa shape index (κ2) is 9.78. The third-order valence-corrected chi connectivity index (χ3v) is 5.79. The van der Waals surface area contributed by atoms with Gasteiger partial charge in [-0.2, -0.15) is 19.7 Å². The molecule has 0 bridgehead atoms. The summed E-state index contributed by atoms with van der Waals surface area (Å²) < 4.78 is 6.39. The van der Waals surface area contributed by atoms with Crippen LogP contribution in [0.2, 0.25) is 20.3 Å². The first-order chi connectivity index (χ1) is 16.5. The second-order valence-electron chi connectivity index (χ2n) is 10.3. The van der Waals surface area contributed by atoms with Crippen molar-refractivity contribution >= 4 is 76.2 Å². The lowest BCUT2D eigenvalue weighted by Crippen LogP contribution is -2.35. The third kappa shape index (κ3) is 5.67. The number of halogens is 2. The Morgan fingerprint density at radius 2 is 1.64 bits per heavy atom. The fraction of sp³-hybridized carbons (Fsp3) is 0.176. The zero-order valence-corrected chi connectivity index (χ0v) is 21.9. The number of rotatable bonds is 7. The molecule has 2 heterocycles. The van der Waals surface area contributed by atoms with E-state index in [1.54, 1.807) is 0 Å². The molecule has 0 aliphatic rings. The van der Waals surface area contributed by atoms with Crippen molar-refractivity contribution in [2.24, 2.45) is 0 Å². The van der Waals surface area contributed by atoms with E-state index >= 15 is 0 Å². The number of hydrogen-bond acceptors (Lipinski definition) is 8. The van der Waals surface area contributed by atoms with Crippen molar-refractivity contribution in [1.29, 1.82) is 0 Å². The summed E-state index contributed by atoms with van der Waals surface area (Å²) in [6.07, 6.45) is 1.23. The van der Waals surface area contributed by atoms with Crippen LogP contribution in [0.25, 0.3) is 5.69 Å². The lowest BCUT2D eigenvalue weighted by atomic mass is 9.25. The van der Waals surface area contributed by atoms with Crippen LogP contribution < -0.4 is 16.0 Å². The number of H-pyrrole nitrogens is 1. The lowest BCUT2D eigenvalue weighted by Gasteiger charge is -2.41. The summed E-state index contributed by atoms with van der Waals surface area (Å²) in [6.45, 7) is 0. The quantitative estimate of drug-likeness (QED) is 0.264. The number of ether oxygens (including phenoxy) is 1. The fourth-order valence-corrected chi connectivity index (χ4v) is 4.88. The Bertz CT molecular complexity index is 1440. The van der Waals surface area contributed by atoms with E-state index in [4.69, 9.17) is 33.0 Å². The summed E-state index contributed by atoms with van der Waals surface area (Å²) in [5.41, 5.74) is -2.65. The lowest BCUT2D eigenvalue weighted by molar-refractivity contribution is 0.0685. The van der Waals surface area contributed by atoms with Gasteiger partial charge >= 0.3 is 17.7 Å². The second-order valence-corrected chi connectivity index (χ2v) is 11.1. The van der Waals surface area contributed by atoms with E-state index in [1.807, 2.05) is 52.1 Å². The van der Waals surface area contributed by atoms with E-state index < -0.39 is 22.9 Å². The number of benzene rings is 1. The predicted molar refractivity (Wildman–Crippen MR) is 151 cm³/mol. The van der Waals surface area contributed by atoms with Crippen LogP contribution in [0.5, 0.6) is 17.5 Å². The number of hydrogen-bond donors (Lipinski definition) is 3. The van der Waals surface area contributed by atoms with Gasteiger partial charge in [0.25, 0.3) is 5.56 Å². The summed E-state index contributed by atoms with van der Waals surface area (Å²) >= 11 is 12.7. The molecule has 3 N–H and O–H groups in total. The SMILES string of the molecule is BC(B)(B)C(c1nc(Oc2c(Cl)cc(-n3nc(C(=O)O)c(=O)[nH]c3=O)cc2Cl)ncc1O)C(B)(B)B. The number of aromatic hydroxyl groups is 1. The molecule has 1 aromatic carbocycles. The van der Waals surface area contributed by atoms with Gasteiger partial charge in [0.15, 0.2) is 11.5 Å².